The molecule has 0 spiro atoms. The number of carbonyl (C=O) groups excluding carboxylic acids is 5. The lowest BCUT2D eigenvalue weighted by molar-refractivity contribution is -0.148. The average Bonchev–Trinajstić information content (AvgIpc) is 3.99. The molecule has 1 aliphatic rings. The fraction of sp³-hybridized carbons (Fsp3) is 0.717. The summed E-state index contributed by atoms with van der Waals surface area (Å²) in [6, 6.07) is 3.05. The van der Waals surface area contributed by atoms with Crippen LogP contribution in [-0.4, -0.2) is 168 Å². The van der Waals surface area contributed by atoms with Crippen molar-refractivity contribution in [3.63, 3.8) is 0 Å². The summed E-state index contributed by atoms with van der Waals surface area (Å²) in [7, 11) is 6.61. The van der Waals surface area contributed by atoms with E-state index in [1.54, 1.807) is 30.0 Å². The summed E-state index contributed by atoms with van der Waals surface area (Å²) in [4.78, 5) is 101. The Morgan fingerprint density at radius 3 is 2.18 bits per heavy atom. The zero-order valence-corrected chi connectivity index (χ0v) is 44.9. The first-order valence-corrected chi connectivity index (χ1v) is 26.0. The molecule has 5 amide bonds. The molecule has 0 bridgehead atoms. The number of likely N-dealkylation sites (N-methyl/N-ethyl adjacent to an activating group) is 2. The zero-order chi connectivity index (χ0) is 53.8. The van der Waals surface area contributed by atoms with Gasteiger partial charge in [-0.1, -0.05) is 79.5 Å². The Labute approximate surface area is 427 Å². The molecule has 0 aliphatic carbocycles. The summed E-state index contributed by atoms with van der Waals surface area (Å²) in [5.41, 5.74) is 7.16. The molecule has 406 valence electrons. The van der Waals surface area contributed by atoms with Crippen LogP contribution >= 0.6 is 0 Å². The lowest BCUT2D eigenvalue weighted by Gasteiger charge is -2.41. The number of para-hydroxylation sites is 1. The van der Waals surface area contributed by atoms with Crippen molar-refractivity contribution in [1.29, 1.82) is 0 Å². The first-order valence-electron chi connectivity index (χ1n) is 26.0. The number of ether oxygens (including phenoxy) is 2. The first kappa shape index (κ1) is 61.2. The molecule has 19 nitrogen and oxygen atoms in total. The number of carboxylic acid groups (broad SMARTS) is 2. The number of rotatable bonds is 33. The van der Waals surface area contributed by atoms with Gasteiger partial charge in [0, 0.05) is 64.3 Å². The van der Waals surface area contributed by atoms with Crippen molar-refractivity contribution in [2.75, 3.05) is 47.9 Å². The van der Waals surface area contributed by atoms with E-state index in [2.05, 4.69) is 20.9 Å². The largest absolute Gasteiger partial charge is 0.480 e. The lowest BCUT2D eigenvalue weighted by atomic mass is 9.89. The van der Waals surface area contributed by atoms with E-state index in [1.807, 2.05) is 77.8 Å². The molecular weight excluding hydrogens is 925 g/mol. The predicted octanol–water partition coefficient (Wildman–Crippen LogP) is 4.56. The van der Waals surface area contributed by atoms with E-state index >= 15 is 0 Å². The van der Waals surface area contributed by atoms with E-state index in [0.717, 1.165) is 29.3 Å². The number of fused-ring (bicyclic) bond motifs is 1. The number of aromatic nitrogens is 1. The number of aliphatic carboxylic acids is 2. The third-order valence-corrected chi connectivity index (χ3v) is 14.6. The fourth-order valence-electron chi connectivity index (χ4n) is 10.2. The summed E-state index contributed by atoms with van der Waals surface area (Å²) in [5.74, 6) is -4.80. The van der Waals surface area contributed by atoms with Gasteiger partial charge in [-0.25, -0.2) is 4.79 Å². The number of carbonyl (C=O) groups is 7. The number of nitrogens with one attached hydrogen (secondary N) is 4. The highest BCUT2D eigenvalue weighted by Crippen LogP contribution is 2.30. The molecule has 0 saturated carbocycles. The van der Waals surface area contributed by atoms with Crippen LogP contribution in [0, 0.1) is 23.7 Å². The van der Waals surface area contributed by atoms with Crippen molar-refractivity contribution in [3.05, 3.63) is 36.0 Å². The van der Waals surface area contributed by atoms with E-state index < -0.39 is 72.2 Å². The molecule has 2 unspecified atom stereocenters. The predicted molar refractivity (Wildman–Crippen MR) is 277 cm³/mol. The second-order valence-electron chi connectivity index (χ2n) is 20.6. The van der Waals surface area contributed by atoms with Crippen LogP contribution in [0.15, 0.2) is 30.5 Å². The van der Waals surface area contributed by atoms with Gasteiger partial charge in [-0.3, -0.25) is 33.7 Å². The summed E-state index contributed by atoms with van der Waals surface area (Å²) < 4.78 is 12.0. The van der Waals surface area contributed by atoms with Gasteiger partial charge in [-0.15, -0.1) is 0 Å². The van der Waals surface area contributed by atoms with Gasteiger partial charge in [0.25, 0.3) is 0 Å². The minimum atomic E-state index is -1.20. The smallest absolute Gasteiger partial charge is 0.326 e. The van der Waals surface area contributed by atoms with E-state index in [-0.39, 0.29) is 54.2 Å². The maximum atomic E-state index is 14.6. The van der Waals surface area contributed by atoms with Crippen molar-refractivity contribution in [2.24, 2.45) is 29.4 Å². The number of aromatic amines is 1. The van der Waals surface area contributed by atoms with Crippen LogP contribution in [-0.2, 0) is 49.5 Å². The van der Waals surface area contributed by atoms with Gasteiger partial charge in [0.2, 0.25) is 29.5 Å². The number of likely N-dealkylation sites (tertiary alicyclic amines) is 1. The minimum absolute atomic E-state index is 0.0578. The number of carboxylic acids is 2. The van der Waals surface area contributed by atoms with E-state index in [9.17, 15) is 38.7 Å². The molecule has 10 atom stereocenters. The number of methoxy groups -OCH3 is 2. The molecular formula is C53H88N8O11. The molecule has 2 aromatic rings. The van der Waals surface area contributed by atoms with Crippen molar-refractivity contribution >= 4 is 52.4 Å². The molecule has 19 heteroatoms. The Kier molecular flexibility index (Phi) is 25.6. The lowest BCUT2D eigenvalue weighted by Crippen LogP contribution is -2.60. The van der Waals surface area contributed by atoms with Crippen LogP contribution in [0.2, 0.25) is 0 Å². The van der Waals surface area contributed by atoms with E-state index in [4.69, 9.17) is 20.3 Å². The first-order chi connectivity index (χ1) is 34.1. The number of nitrogens with zero attached hydrogens (tertiary/aromatic N) is 3. The highest BCUT2D eigenvalue weighted by molar-refractivity contribution is 5.91. The summed E-state index contributed by atoms with van der Waals surface area (Å²) >= 11 is 0. The number of nitrogens with two attached hydrogens (primary N) is 1. The van der Waals surface area contributed by atoms with Gasteiger partial charge in [0.15, 0.2) is 0 Å². The third kappa shape index (κ3) is 17.5. The van der Waals surface area contributed by atoms with Crippen LogP contribution in [0.3, 0.4) is 0 Å². The molecule has 0 radical (unpaired) electrons. The SMILES string of the molecule is CC[C@H](C)C([C@@H](CC(=O)N1CCC[C@H]1[C@H](OC)[C@@H](C)C(=O)N[C@@H](Cc1c[nH]c2ccccc12)C(=O)O)OC)N(C)C(=O)C(NC(=O)[C@H](C(C)C)N(C)CCCCCC(=O)NCCCC[C@H](N)C(=O)O)C(C)C. The maximum Gasteiger partial charge on any atom is 0.326 e. The van der Waals surface area contributed by atoms with E-state index in [0.29, 0.717) is 71.0 Å². The average molecular weight is 1010 g/mol. The number of hydrogen-bond acceptors (Lipinski definition) is 11. The molecule has 1 aliphatic heterocycles. The second-order valence-corrected chi connectivity index (χ2v) is 20.6. The Balaban J connectivity index is 1.65. The molecule has 1 aromatic heterocycles. The summed E-state index contributed by atoms with van der Waals surface area (Å²) in [5, 5.41) is 28.6. The Morgan fingerprint density at radius 2 is 1.57 bits per heavy atom. The van der Waals surface area contributed by atoms with Crippen LogP contribution in [0.5, 0.6) is 0 Å². The molecule has 1 saturated heterocycles. The Morgan fingerprint density at radius 1 is 0.875 bits per heavy atom. The monoisotopic (exact) mass is 1010 g/mol. The highest BCUT2D eigenvalue weighted by atomic mass is 16.5. The Hall–Kier alpha value is -5.11. The van der Waals surface area contributed by atoms with Crippen molar-refractivity contribution in [1.82, 2.24) is 35.6 Å². The highest BCUT2D eigenvalue weighted by Gasteiger charge is 2.43. The number of hydrogen-bond donors (Lipinski definition) is 7. The van der Waals surface area contributed by atoms with Crippen molar-refractivity contribution in [2.45, 2.75) is 174 Å². The van der Waals surface area contributed by atoms with Crippen LogP contribution in [0.1, 0.15) is 125 Å². The maximum absolute atomic E-state index is 14.6. The normalized spacial score (nSPS) is 17.7. The second kappa shape index (κ2) is 30.2. The molecule has 2 heterocycles. The van der Waals surface area contributed by atoms with E-state index in [1.165, 1.54) is 14.2 Å². The fourth-order valence-corrected chi connectivity index (χ4v) is 10.2. The van der Waals surface area contributed by atoms with Gasteiger partial charge in [-0.05, 0) is 87.9 Å². The zero-order valence-electron chi connectivity index (χ0n) is 44.9. The quantitative estimate of drug-likeness (QED) is 0.0485. The molecule has 8 N–H and O–H groups in total. The van der Waals surface area contributed by atoms with Gasteiger partial charge in [-0.2, -0.15) is 0 Å². The topological polar surface area (TPSA) is 266 Å². The number of benzene rings is 1. The molecule has 72 heavy (non-hydrogen) atoms. The van der Waals surface area contributed by atoms with Gasteiger partial charge in [0.1, 0.15) is 18.1 Å². The number of unbranched alkanes of at least 4 members (excludes halogenated alkanes) is 3. The van der Waals surface area contributed by atoms with Gasteiger partial charge < -0.3 is 56.2 Å². The van der Waals surface area contributed by atoms with Gasteiger partial charge >= 0.3 is 11.9 Å². The van der Waals surface area contributed by atoms with Crippen LogP contribution < -0.4 is 21.7 Å². The molecule has 1 fully saturated rings. The van der Waals surface area contributed by atoms with Crippen LogP contribution in [0.4, 0.5) is 0 Å². The number of amides is 5. The summed E-state index contributed by atoms with van der Waals surface area (Å²) in [6.45, 7) is 14.9. The molecule has 1 aromatic carbocycles. The van der Waals surface area contributed by atoms with Crippen LogP contribution in [0.25, 0.3) is 10.9 Å². The van der Waals surface area contributed by atoms with Gasteiger partial charge in [0.05, 0.1) is 42.7 Å². The minimum Gasteiger partial charge on any atom is -0.480 e. The Bertz CT molecular complexity index is 2060. The third-order valence-electron chi connectivity index (χ3n) is 14.6. The standard InChI is InChI=1S/C53H88N8O11/c1-12-34(6)47(60(9)51(66)45(32(2)3)58-50(65)46(33(4)5)59(8)27-19-13-14-25-43(62)55-26-18-17-22-38(54)52(67)68)42(71-10)30-44(63)61-28-20-24-41(61)48(72-11)35(7)49(64)57-40(53(69)70)29-36-31-56-39-23-16-15-21-37(36)39/h15-16,21,23,31-35,38,40-42,45-48,56H,12-14,17-20,22,24-30,54H2,1-11H3,(H,55,62)(H,57,64)(H,58,65)(H,67,68)(H,69,70)/t34-,35+,38-,40-,41-,42+,45?,46-,47?,48+/m0/s1. The van der Waals surface area contributed by atoms with Crippen molar-refractivity contribution < 1.29 is 53.2 Å². The van der Waals surface area contributed by atoms with Crippen molar-refractivity contribution in [3.8, 4) is 0 Å². The molecule has 3 rings (SSSR count). The summed E-state index contributed by atoms with van der Waals surface area (Å²) in [6.07, 6.45) is 6.44. The number of H-pyrrole nitrogens is 1.